The van der Waals surface area contributed by atoms with Crippen LogP contribution in [0.5, 0.6) is 11.5 Å². The molecular formula is C15H13ClFNO2S. The molecule has 0 heterocycles. The zero-order valence-corrected chi connectivity index (χ0v) is 12.8. The smallest absolute Gasteiger partial charge is 0.138 e. The van der Waals surface area contributed by atoms with Gasteiger partial charge in [-0.05, 0) is 35.9 Å². The molecule has 110 valence electrons. The average molecular weight is 326 g/mol. The quantitative estimate of drug-likeness (QED) is 0.851. The Morgan fingerprint density at radius 3 is 2.62 bits per heavy atom. The van der Waals surface area contributed by atoms with Crippen LogP contribution in [0.25, 0.3) is 0 Å². The molecule has 0 fully saturated rings. The van der Waals surface area contributed by atoms with Gasteiger partial charge in [0.15, 0.2) is 0 Å². The van der Waals surface area contributed by atoms with E-state index in [1.165, 1.54) is 18.2 Å². The maximum absolute atomic E-state index is 12.9. The number of methoxy groups -OCH3 is 1. The average Bonchev–Trinajstić information content (AvgIpc) is 2.45. The summed E-state index contributed by atoms with van der Waals surface area (Å²) in [4.78, 5) is 0.265. The van der Waals surface area contributed by atoms with Gasteiger partial charge in [0.1, 0.15) is 28.9 Å². The summed E-state index contributed by atoms with van der Waals surface area (Å²) in [6, 6.07) is 9.36. The summed E-state index contributed by atoms with van der Waals surface area (Å²) in [5.74, 6) is 0.582. The van der Waals surface area contributed by atoms with Crippen molar-refractivity contribution in [3.05, 3.63) is 58.4 Å². The van der Waals surface area contributed by atoms with Gasteiger partial charge in [-0.25, -0.2) is 4.39 Å². The molecule has 2 rings (SSSR count). The zero-order valence-electron chi connectivity index (χ0n) is 11.2. The highest BCUT2D eigenvalue weighted by molar-refractivity contribution is 7.80. The van der Waals surface area contributed by atoms with Gasteiger partial charge in [0.05, 0.1) is 17.7 Å². The van der Waals surface area contributed by atoms with E-state index in [2.05, 4.69) is 0 Å². The molecule has 21 heavy (non-hydrogen) atoms. The third kappa shape index (κ3) is 3.83. The highest BCUT2D eigenvalue weighted by Crippen LogP contribution is 2.26. The molecule has 0 saturated heterocycles. The van der Waals surface area contributed by atoms with Crippen LogP contribution in [-0.2, 0) is 6.61 Å². The van der Waals surface area contributed by atoms with Gasteiger partial charge in [-0.3, -0.25) is 0 Å². The van der Waals surface area contributed by atoms with Crippen molar-refractivity contribution in [3.8, 4) is 11.5 Å². The van der Waals surface area contributed by atoms with Crippen molar-refractivity contribution < 1.29 is 13.9 Å². The number of ether oxygens (including phenoxy) is 2. The number of halogens is 2. The van der Waals surface area contributed by atoms with Crippen LogP contribution in [0.4, 0.5) is 4.39 Å². The topological polar surface area (TPSA) is 44.5 Å². The Labute approximate surface area is 132 Å². The number of nitrogens with two attached hydrogens (primary N) is 1. The van der Waals surface area contributed by atoms with Crippen LogP contribution in [-0.4, -0.2) is 12.1 Å². The molecule has 0 aliphatic heterocycles. The minimum absolute atomic E-state index is 0.224. The Hall–Kier alpha value is -1.85. The Bertz CT molecular complexity index is 679. The van der Waals surface area contributed by atoms with Crippen molar-refractivity contribution in [1.82, 2.24) is 0 Å². The molecule has 2 N–H and O–H groups in total. The largest absolute Gasteiger partial charge is 0.496 e. The predicted molar refractivity (Wildman–Crippen MR) is 84.6 cm³/mol. The molecule has 2 aromatic rings. The predicted octanol–water partition coefficient (Wildman–Crippen LogP) is 3.70. The second-order valence-corrected chi connectivity index (χ2v) is 5.11. The minimum Gasteiger partial charge on any atom is -0.496 e. The molecule has 0 amide bonds. The monoisotopic (exact) mass is 325 g/mol. The molecule has 3 nitrogen and oxygen atoms in total. The van der Waals surface area contributed by atoms with E-state index >= 15 is 0 Å². The summed E-state index contributed by atoms with van der Waals surface area (Å²) in [7, 11) is 1.54. The second-order valence-electron chi connectivity index (χ2n) is 4.26. The van der Waals surface area contributed by atoms with Gasteiger partial charge in [0, 0.05) is 0 Å². The van der Waals surface area contributed by atoms with Crippen LogP contribution < -0.4 is 15.2 Å². The first-order valence-electron chi connectivity index (χ1n) is 6.06. The first-order valence-corrected chi connectivity index (χ1v) is 6.84. The lowest BCUT2D eigenvalue weighted by molar-refractivity contribution is 0.305. The Balaban J connectivity index is 2.15. The summed E-state index contributed by atoms with van der Waals surface area (Å²) in [6.45, 7) is 0.263. The Morgan fingerprint density at radius 2 is 2.00 bits per heavy atom. The highest BCUT2D eigenvalue weighted by atomic mass is 35.5. The van der Waals surface area contributed by atoms with Crippen molar-refractivity contribution in [2.75, 3.05) is 7.11 Å². The maximum atomic E-state index is 12.9. The Morgan fingerprint density at radius 1 is 1.24 bits per heavy atom. The van der Waals surface area contributed by atoms with Gasteiger partial charge in [-0.15, -0.1) is 0 Å². The molecule has 0 saturated carbocycles. The molecule has 0 unspecified atom stereocenters. The summed E-state index contributed by atoms with van der Waals surface area (Å²) >= 11 is 10.8. The lowest BCUT2D eigenvalue weighted by Gasteiger charge is -2.11. The van der Waals surface area contributed by atoms with Crippen LogP contribution in [0, 0.1) is 5.82 Å². The fourth-order valence-corrected chi connectivity index (χ4v) is 2.17. The Kier molecular flexibility index (Phi) is 4.98. The summed E-state index contributed by atoms with van der Waals surface area (Å²) in [5, 5.41) is 0.224. The number of hydrogen-bond acceptors (Lipinski definition) is 3. The molecule has 0 atom stereocenters. The number of rotatable bonds is 5. The van der Waals surface area contributed by atoms with E-state index in [0.717, 1.165) is 5.56 Å². The van der Waals surface area contributed by atoms with E-state index in [9.17, 15) is 4.39 Å². The first kappa shape index (κ1) is 15.5. The summed E-state index contributed by atoms with van der Waals surface area (Å²) in [5.41, 5.74) is 7.12. The van der Waals surface area contributed by atoms with Crippen LogP contribution >= 0.6 is 23.8 Å². The van der Waals surface area contributed by atoms with Crippen molar-refractivity contribution in [1.29, 1.82) is 0 Å². The van der Waals surface area contributed by atoms with Gasteiger partial charge in [0.2, 0.25) is 0 Å². The summed E-state index contributed by atoms with van der Waals surface area (Å²) in [6.07, 6.45) is 0. The molecule has 0 aliphatic rings. The third-order valence-electron chi connectivity index (χ3n) is 2.82. The second kappa shape index (κ2) is 6.74. The molecule has 0 spiro atoms. The number of benzene rings is 2. The van der Waals surface area contributed by atoms with Crippen LogP contribution in [0.2, 0.25) is 5.02 Å². The van der Waals surface area contributed by atoms with E-state index in [0.29, 0.717) is 17.1 Å². The maximum Gasteiger partial charge on any atom is 0.138 e. The van der Waals surface area contributed by atoms with Gasteiger partial charge >= 0.3 is 0 Å². The molecule has 0 aromatic heterocycles. The molecule has 0 aliphatic carbocycles. The minimum atomic E-state index is -0.408. The molecular weight excluding hydrogens is 313 g/mol. The number of hydrogen-bond donors (Lipinski definition) is 1. The molecule has 2 aromatic carbocycles. The fraction of sp³-hybridized carbons (Fsp3) is 0.133. The molecule has 0 radical (unpaired) electrons. The lowest BCUT2D eigenvalue weighted by Crippen LogP contribution is -2.11. The summed E-state index contributed by atoms with van der Waals surface area (Å²) < 4.78 is 23.7. The highest BCUT2D eigenvalue weighted by Gasteiger charge is 2.08. The van der Waals surface area contributed by atoms with E-state index in [4.69, 9.17) is 39.0 Å². The van der Waals surface area contributed by atoms with E-state index in [1.54, 1.807) is 19.2 Å². The molecule has 0 bridgehead atoms. The SMILES string of the molecule is COc1cc(COc2ccc(F)cc2Cl)ccc1C(N)=S. The van der Waals surface area contributed by atoms with Gasteiger partial charge < -0.3 is 15.2 Å². The van der Waals surface area contributed by atoms with Gasteiger partial charge in [0.25, 0.3) is 0 Å². The van der Waals surface area contributed by atoms with Crippen LogP contribution in [0.3, 0.4) is 0 Å². The van der Waals surface area contributed by atoms with Crippen LogP contribution in [0.1, 0.15) is 11.1 Å². The van der Waals surface area contributed by atoms with Crippen LogP contribution in [0.15, 0.2) is 36.4 Å². The fourth-order valence-electron chi connectivity index (χ4n) is 1.78. The van der Waals surface area contributed by atoms with Crippen molar-refractivity contribution >= 4 is 28.8 Å². The van der Waals surface area contributed by atoms with Crippen molar-refractivity contribution in [2.24, 2.45) is 5.73 Å². The lowest BCUT2D eigenvalue weighted by atomic mass is 10.1. The standard InChI is InChI=1S/C15H13ClFNO2S/c1-19-14-6-9(2-4-11(14)15(18)21)8-20-13-5-3-10(17)7-12(13)16/h2-7H,8H2,1H3,(H2,18,21). The van der Waals surface area contributed by atoms with Gasteiger partial charge in [-0.2, -0.15) is 0 Å². The van der Waals surface area contributed by atoms with E-state index < -0.39 is 5.82 Å². The normalized spacial score (nSPS) is 10.2. The van der Waals surface area contributed by atoms with Gasteiger partial charge in [-0.1, -0.05) is 29.9 Å². The van der Waals surface area contributed by atoms with Crippen molar-refractivity contribution in [3.63, 3.8) is 0 Å². The third-order valence-corrected chi connectivity index (χ3v) is 3.33. The first-order chi connectivity index (χ1) is 10.0. The number of thiocarbonyl (C=S) groups is 1. The molecule has 6 heteroatoms. The van der Waals surface area contributed by atoms with E-state index in [-0.39, 0.29) is 16.6 Å². The zero-order chi connectivity index (χ0) is 15.4. The van der Waals surface area contributed by atoms with E-state index in [1.807, 2.05) is 6.07 Å². The van der Waals surface area contributed by atoms with Crippen molar-refractivity contribution in [2.45, 2.75) is 6.61 Å².